The lowest BCUT2D eigenvalue weighted by Crippen LogP contribution is -2.56. The van der Waals surface area contributed by atoms with E-state index in [0.29, 0.717) is 13.0 Å². The fourth-order valence-electron chi connectivity index (χ4n) is 2.67. The van der Waals surface area contributed by atoms with E-state index < -0.39 is 0 Å². The van der Waals surface area contributed by atoms with Crippen molar-refractivity contribution in [2.75, 3.05) is 31.6 Å². The highest BCUT2D eigenvalue weighted by atomic mass is 16.3. The number of aliphatic hydroxyl groups is 1. The highest BCUT2D eigenvalue weighted by Gasteiger charge is 2.33. The van der Waals surface area contributed by atoms with Crippen molar-refractivity contribution < 1.29 is 9.90 Å². The number of aryl methyl sites for hydroxylation is 1. The second-order valence-corrected chi connectivity index (χ2v) is 4.98. The molecule has 104 valence electrons. The van der Waals surface area contributed by atoms with E-state index in [1.165, 1.54) is 5.56 Å². The van der Waals surface area contributed by atoms with Gasteiger partial charge in [-0.25, -0.2) is 0 Å². The van der Waals surface area contributed by atoms with E-state index in [2.05, 4.69) is 13.0 Å². The smallest absolute Gasteiger partial charge is 0.244 e. The van der Waals surface area contributed by atoms with Crippen molar-refractivity contribution in [2.45, 2.75) is 25.8 Å². The molecule has 1 atom stereocenters. The zero-order valence-electron chi connectivity index (χ0n) is 11.7. The number of benzene rings is 1. The van der Waals surface area contributed by atoms with Crippen LogP contribution in [0.15, 0.2) is 24.3 Å². The fraction of sp³-hybridized carbons (Fsp3) is 0.533. The van der Waals surface area contributed by atoms with Crippen LogP contribution < -0.4 is 4.90 Å². The van der Waals surface area contributed by atoms with Gasteiger partial charge in [-0.1, -0.05) is 25.1 Å². The Morgan fingerprint density at radius 3 is 2.74 bits per heavy atom. The number of anilines is 1. The molecule has 4 heteroatoms. The van der Waals surface area contributed by atoms with Crippen LogP contribution in [0.5, 0.6) is 0 Å². The largest absolute Gasteiger partial charge is 0.396 e. The van der Waals surface area contributed by atoms with Gasteiger partial charge in [0, 0.05) is 25.4 Å². The average molecular weight is 262 g/mol. The third-order valence-electron chi connectivity index (χ3n) is 3.83. The Bertz CT molecular complexity index is 448. The predicted octanol–water partition coefficient (Wildman–Crippen LogP) is 1.28. The van der Waals surface area contributed by atoms with Crippen molar-refractivity contribution in [3.05, 3.63) is 29.8 Å². The summed E-state index contributed by atoms with van der Waals surface area (Å²) in [5, 5.41) is 9.11. The van der Waals surface area contributed by atoms with E-state index in [1.54, 1.807) is 0 Å². The third-order valence-corrected chi connectivity index (χ3v) is 3.83. The van der Waals surface area contributed by atoms with Gasteiger partial charge in [0.25, 0.3) is 0 Å². The number of nitrogens with zero attached hydrogens (tertiary/aromatic N) is 2. The topological polar surface area (TPSA) is 43.8 Å². The Labute approximate surface area is 114 Å². The van der Waals surface area contributed by atoms with Crippen LogP contribution in [0.1, 0.15) is 18.9 Å². The molecule has 1 unspecified atom stereocenters. The highest BCUT2D eigenvalue weighted by Crippen LogP contribution is 2.25. The number of carbonyl (C=O) groups excluding carboxylic acids is 1. The number of rotatable bonds is 4. The van der Waals surface area contributed by atoms with Crippen LogP contribution >= 0.6 is 0 Å². The van der Waals surface area contributed by atoms with Crippen molar-refractivity contribution in [3.63, 3.8) is 0 Å². The zero-order chi connectivity index (χ0) is 13.8. The van der Waals surface area contributed by atoms with Crippen LogP contribution in [0, 0.1) is 0 Å². The van der Waals surface area contributed by atoms with E-state index in [0.717, 1.165) is 18.7 Å². The van der Waals surface area contributed by atoms with Crippen LogP contribution in [0.3, 0.4) is 0 Å². The molecule has 1 N–H and O–H groups in total. The summed E-state index contributed by atoms with van der Waals surface area (Å²) in [5.74, 6) is 0.101. The number of para-hydroxylation sites is 1. The summed E-state index contributed by atoms with van der Waals surface area (Å²) in [6, 6.07) is 7.86. The summed E-state index contributed by atoms with van der Waals surface area (Å²) in [5.41, 5.74) is 2.22. The molecule has 1 aromatic rings. The summed E-state index contributed by atoms with van der Waals surface area (Å²) in [6.07, 6.45) is 1.42. The number of amides is 1. The van der Waals surface area contributed by atoms with Gasteiger partial charge in [-0.3, -0.25) is 9.69 Å². The Hall–Kier alpha value is -1.39. The molecule has 0 saturated carbocycles. The molecule has 0 spiro atoms. The second-order valence-electron chi connectivity index (χ2n) is 4.98. The van der Waals surface area contributed by atoms with Gasteiger partial charge in [-0.15, -0.1) is 0 Å². The molecule has 1 amide bonds. The zero-order valence-corrected chi connectivity index (χ0v) is 11.7. The molecule has 2 rings (SSSR count). The van der Waals surface area contributed by atoms with Gasteiger partial charge in [0.2, 0.25) is 5.91 Å². The fourth-order valence-corrected chi connectivity index (χ4v) is 2.67. The summed E-state index contributed by atoms with van der Waals surface area (Å²) in [4.78, 5) is 16.5. The first-order valence-electron chi connectivity index (χ1n) is 6.89. The van der Waals surface area contributed by atoms with Gasteiger partial charge in [0.05, 0.1) is 6.04 Å². The van der Waals surface area contributed by atoms with Gasteiger partial charge in [0.1, 0.15) is 0 Å². The van der Waals surface area contributed by atoms with Gasteiger partial charge < -0.3 is 10.0 Å². The first-order chi connectivity index (χ1) is 9.19. The lowest BCUT2D eigenvalue weighted by molar-refractivity contribution is -0.125. The Morgan fingerprint density at radius 2 is 2.05 bits per heavy atom. The van der Waals surface area contributed by atoms with Crippen molar-refractivity contribution in [1.82, 2.24) is 4.90 Å². The second kappa shape index (κ2) is 6.17. The van der Waals surface area contributed by atoms with E-state index in [1.807, 2.05) is 35.0 Å². The monoisotopic (exact) mass is 262 g/mol. The highest BCUT2D eigenvalue weighted by molar-refractivity contribution is 5.98. The van der Waals surface area contributed by atoms with E-state index in [-0.39, 0.29) is 18.6 Å². The first-order valence-corrected chi connectivity index (χ1v) is 6.89. The molecule has 0 bridgehead atoms. The quantitative estimate of drug-likeness (QED) is 0.889. The Morgan fingerprint density at radius 1 is 1.32 bits per heavy atom. The Balaban J connectivity index is 2.27. The van der Waals surface area contributed by atoms with Crippen LogP contribution in [0.4, 0.5) is 5.69 Å². The summed E-state index contributed by atoms with van der Waals surface area (Å²) in [7, 11) is 1.95. The molecule has 1 aliphatic heterocycles. The molecular weight excluding hydrogens is 240 g/mol. The summed E-state index contributed by atoms with van der Waals surface area (Å²) < 4.78 is 0. The number of aliphatic hydroxyl groups excluding tert-OH is 1. The van der Waals surface area contributed by atoms with Crippen molar-refractivity contribution in [1.29, 1.82) is 0 Å². The van der Waals surface area contributed by atoms with E-state index in [4.69, 9.17) is 5.11 Å². The molecule has 1 saturated heterocycles. The van der Waals surface area contributed by atoms with Crippen LogP contribution in [-0.2, 0) is 11.2 Å². The van der Waals surface area contributed by atoms with Crippen LogP contribution in [0.2, 0.25) is 0 Å². The minimum atomic E-state index is -0.205. The summed E-state index contributed by atoms with van der Waals surface area (Å²) in [6.45, 7) is 3.71. The van der Waals surface area contributed by atoms with Gasteiger partial charge >= 0.3 is 0 Å². The van der Waals surface area contributed by atoms with Crippen LogP contribution in [-0.4, -0.2) is 48.7 Å². The van der Waals surface area contributed by atoms with Gasteiger partial charge in [-0.05, 0) is 31.5 Å². The van der Waals surface area contributed by atoms with E-state index >= 15 is 0 Å². The maximum Gasteiger partial charge on any atom is 0.244 e. The molecular formula is C15H22N2O2. The molecule has 19 heavy (non-hydrogen) atoms. The molecule has 0 aliphatic carbocycles. The number of hydrogen-bond donors (Lipinski definition) is 1. The van der Waals surface area contributed by atoms with Crippen molar-refractivity contribution >= 4 is 11.6 Å². The molecule has 0 aromatic heterocycles. The molecule has 0 radical (unpaired) electrons. The third kappa shape index (κ3) is 2.80. The minimum Gasteiger partial charge on any atom is -0.396 e. The lowest BCUT2D eigenvalue weighted by Gasteiger charge is -2.39. The molecule has 1 aliphatic rings. The number of hydrogen-bond acceptors (Lipinski definition) is 3. The molecule has 1 fully saturated rings. The first kappa shape index (κ1) is 14.0. The molecule has 1 aromatic carbocycles. The molecule has 1 heterocycles. The predicted molar refractivity (Wildman–Crippen MR) is 76.3 cm³/mol. The minimum absolute atomic E-state index is 0.0456. The maximum atomic E-state index is 12.6. The number of carbonyl (C=O) groups is 1. The van der Waals surface area contributed by atoms with Gasteiger partial charge in [-0.2, -0.15) is 0 Å². The molecule has 4 nitrogen and oxygen atoms in total. The van der Waals surface area contributed by atoms with Crippen molar-refractivity contribution in [2.24, 2.45) is 0 Å². The lowest BCUT2D eigenvalue weighted by atomic mass is 10.0. The normalized spacial score (nSPS) is 20.9. The number of piperazine rings is 1. The standard InChI is InChI=1S/C15H22N2O2/c1-3-12-6-4-5-7-13(12)17-10-9-16(2)14(8-11-18)15(17)19/h4-7,14,18H,3,8-11H2,1-2H3. The van der Waals surface area contributed by atoms with Crippen molar-refractivity contribution in [3.8, 4) is 0 Å². The maximum absolute atomic E-state index is 12.6. The van der Waals surface area contributed by atoms with Crippen LogP contribution in [0.25, 0.3) is 0 Å². The van der Waals surface area contributed by atoms with E-state index in [9.17, 15) is 4.79 Å². The number of likely N-dealkylation sites (N-methyl/N-ethyl adjacent to an activating group) is 1. The van der Waals surface area contributed by atoms with Gasteiger partial charge in [0.15, 0.2) is 0 Å². The summed E-state index contributed by atoms with van der Waals surface area (Å²) >= 11 is 0. The average Bonchev–Trinajstić information content (AvgIpc) is 2.43. The SMILES string of the molecule is CCc1ccccc1N1CCN(C)C(CCO)C1=O. The Kier molecular flexibility index (Phi) is 4.56.